The fraction of sp³-hybridized carbons (Fsp3) is 0.267. The van der Waals surface area contributed by atoms with Crippen LogP contribution in [0, 0.1) is 11.8 Å². The van der Waals surface area contributed by atoms with Gasteiger partial charge in [0.1, 0.15) is 6.33 Å². The molecule has 6 heteroatoms. The zero-order chi connectivity index (χ0) is 14.7. The highest BCUT2D eigenvalue weighted by molar-refractivity contribution is 5.94. The Balaban J connectivity index is 1.74. The number of hydrogen-bond acceptors (Lipinski definition) is 4. The second-order valence-corrected chi connectivity index (χ2v) is 4.75. The van der Waals surface area contributed by atoms with Gasteiger partial charge in [0.2, 0.25) is 0 Å². The van der Waals surface area contributed by atoms with E-state index in [-0.39, 0.29) is 5.91 Å². The molecule has 2 N–H and O–H groups in total. The summed E-state index contributed by atoms with van der Waals surface area (Å²) >= 11 is 0. The highest BCUT2D eigenvalue weighted by atomic mass is 16.2. The molecule has 6 nitrogen and oxygen atoms in total. The number of benzene rings is 1. The third-order valence-electron chi connectivity index (χ3n) is 3.39. The Morgan fingerprint density at radius 3 is 2.86 bits per heavy atom. The Hall–Kier alpha value is -2.65. The van der Waals surface area contributed by atoms with Crippen molar-refractivity contribution in [3.63, 3.8) is 0 Å². The van der Waals surface area contributed by atoms with Crippen LogP contribution in [-0.4, -0.2) is 38.7 Å². The second-order valence-electron chi connectivity index (χ2n) is 4.75. The molecule has 0 atom stereocenters. The van der Waals surface area contributed by atoms with E-state index in [9.17, 15) is 4.79 Å². The molecule has 21 heavy (non-hydrogen) atoms. The highest BCUT2D eigenvalue weighted by Gasteiger charge is 2.22. The van der Waals surface area contributed by atoms with Crippen LogP contribution in [0.15, 0.2) is 30.6 Å². The van der Waals surface area contributed by atoms with E-state index in [1.54, 1.807) is 23.4 Å². The van der Waals surface area contributed by atoms with Crippen molar-refractivity contribution in [2.75, 3.05) is 13.1 Å². The summed E-state index contributed by atoms with van der Waals surface area (Å²) in [6.07, 6.45) is 1.70. The molecule has 2 aromatic rings. The topological polar surface area (TPSA) is 77.0 Å². The predicted octanol–water partition coefficient (Wildman–Crippen LogP) is 0.244. The highest BCUT2D eigenvalue weighted by Crippen LogP contribution is 2.13. The largest absolute Gasteiger partial charge is 0.329 e. The summed E-state index contributed by atoms with van der Waals surface area (Å²) in [7, 11) is 0. The lowest BCUT2D eigenvalue weighted by Gasteiger charge is -2.27. The van der Waals surface area contributed by atoms with Crippen molar-refractivity contribution >= 4 is 5.91 Å². The van der Waals surface area contributed by atoms with Crippen molar-refractivity contribution in [1.29, 1.82) is 0 Å². The van der Waals surface area contributed by atoms with E-state index in [4.69, 9.17) is 5.73 Å². The molecule has 106 valence electrons. The minimum Gasteiger partial charge on any atom is -0.329 e. The number of rotatable bonds is 1. The third-order valence-corrected chi connectivity index (χ3v) is 3.39. The summed E-state index contributed by atoms with van der Waals surface area (Å²) in [5.41, 5.74) is 6.85. The summed E-state index contributed by atoms with van der Waals surface area (Å²) in [5, 5.41) is 7.88. The number of amides is 1. The van der Waals surface area contributed by atoms with Crippen molar-refractivity contribution in [3.8, 4) is 11.8 Å². The average molecular weight is 281 g/mol. The lowest BCUT2D eigenvalue weighted by Crippen LogP contribution is -2.38. The van der Waals surface area contributed by atoms with Crippen LogP contribution in [-0.2, 0) is 13.1 Å². The lowest BCUT2D eigenvalue weighted by atomic mass is 10.1. The van der Waals surface area contributed by atoms with Gasteiger partial charge in [0, 0.05) is 24.2 Å². The van der Waals surface area contributed by atoms with Gasteiger partial charge in [-0.3, -0.25) is 4.79 Å². The monoisotopic (exact) mass is 281 g/mol. The molecule has 1 aromatic carbocycles. The normalized spacial score (nSPS) is 13.3. The number of carbonyl (C=O) groups is 1. The molecule has 0 aliphatic carbocycles. The SMILES string of the molecule is NCC#Cc1ccc(C(=O)N2CCn3cnnc3C2)cc1. The molecule has 0 saturated heterocycles. The number of hydrogen-bond donors (Lipinski definition) is 1. The molecular weight excluding hydrogens is 266 g/mol. The summed E-state index contributed by atoms with van der Waals surface area (Å²) in [5.74, 6) is 6.55. The van der Waals surface area contributed by atoms with Crippen molar-refractivity contribution in [3.05, 3.63) is 47.5 Å². The van der Waals surface area contributed by atoms with Crippen LogP contribution in [0.4, 0.5) is 0 Å². The molecule has 3 rings (SSSR count). The molecule has 0 spiro atoms. The molecule has 0 fully saturated rings. The molecule has 1 aliphatic heterocycles. The molecule has 1 aliphatic rings. The van der Waals surface area contributed by atoms with E-state index >= 15 is 0 Å². The van der Waals surface area contributed by atoms with E-state index in [1.807, 2.05) is 16.7 Å². The van der Waals surface area contributed by atoms with Crippen LogP contribution in [0.25, 0.3) is 0 Å². The molecule has 0 radical (unpaired) electrons. The number of carbonyl (C=O) groups excluding carboxylic acids is 1. The van der Waals surface area contributed by atoms with E-state index in [0.717, 1.165) is 17.9 Å². The van der Waals surface area contributed by atoms with Crippen LogP contribution >= 0.6 is 0 Å². The van der Waals surface area contributed by atoms with Gasteiger partial charge >= 0.3 is 0 Å². The Morgan fingerprint density at radius 2 is 2.10 bits per heavy atom. The van der Waals surface area contributed by atoms with Crippen molar-refractivity contribution in [1.82, 2.24) is 19.7 Å². The van der Waals surface area contributed by atoms with E-state index in [0.29, 0.717) is 25.2 Å². The van der Waals surface area contributed by atoms with Crippen molar-refractivity contribution in [2.45, 2.75) is 13.1 Å². The Labute approximate surface area is 122 Å². The maximum atomic E-state index is 12.5. The smallest absolute Gasteiger partial charge is 0.254 e. The van der Waals surface area contributed by atoms with Gasteiger partial charge in [-0.15, -0.1) is 10.2 Å². The zero-order valence-corrected chi connectivity index (χ0v) is 11.5. The Bertz CT molecular complexity index is 708. The zero-order valence-electron chi connectivity index (χ0n) is 11.5. The van der Waals surface area contributed by atoms with Crippen molar-refractivity contribution in [2.24, 2.45) is 5.73 Å². The fourth-order valence-electron chi connectivity index (χ4n) is 2.27. The summed E-state index contributed by atoms with van der Waals surface area (Å²) in [6, 6.07) is 7.26. The molecule has 1 aromatic heterocycles. The first-order valence-electron chi connectivity index (χ1n) is 6.73. The van der Waals surface area contributed by atoms with Gasteiger partial charge in [0.05, 0.1) is 13.1 Å². The van der Waals surface area contributed by atoms with Crippen LogP contribution in [0.3, 0.4) is 0 Å². The fourth-order valence-corrected chi connectivity index (χ4v) is 2.27. The van der Waals surface area contributed by atoms with Gasteiger partial charge < -0.3 is 15.2 Å². The minimum absolute atomic E-state index is 0.00239. The van der Waals surface area contributed by atoms with Gasteiger partial charge in [0.25, 0.3) is 5.91 Å². The molecular formula is C15H15N5O. The van der Waals surface area contributed by atoms with Gasteiger partial charge in [-0.05, 0) is 24.3 Å². The van der Waals surface area contributed by atoms with E-state index < -0.39 is 0 Å². The van der Waals surface area contributed by atoms with E-state index in [1.165, 1.54) is 0 Å². The number of aromatic nitrogens is 3. The summed E-state index contributed by atoms with van der Waals surface area (Å²) < 4.78 is 1.97. The second kappa shape index (κ2) is 5.77. The Morgan fingerprint density at radius 1 is 1.29 bits per heavy atom. The first-order chi connectivity index (χ1) is 10.3. The lowest BCUT2D eigenvalue weighted by molar-refractivity contribution is 0.0707. The van der Waals surface area contributed by atoms with Gasteiger partial charge in [0.15, 0.2) is 5.82 Å². The molecule has 1 amide bonds. The summed E-state index contributed by atoms with van der Waals surface area (Å²) in [4.78, 5) is 14.3. The number of nitrogens with zero attached hydrogens (tertiary/aromatic N) is 4. The number of nitrogens with two attached hydrogens (primary N) is 1. The Kier molecular flexibility index (Phi) is 3.67. The summed E-state index contributed by atoms with van der Waals surface area (Å²) in [6.45, 7) is 2.22. The quantitative estimate of drug-likeness (QED) is 0.760. The van der Waals surface area contributed by atoms with Crippen molar-refractivity contribution < 1.29 is 4.79 Å². The first-order valence-corrected chi connectivity index (χ1v) is 6.73. The number of fused-ring (bicyclic) bond motifs is 1. The van der Waals surface area contributed by atoms with E-state index in [2.05, 4.69) is 22.0 Å². The first kappa shape index (κ1) is 13.3. The van der Waals surface area contributed by atoms with Crippen LogP contribution in [0.1, 0.15) is 21.7 Å². The predicted molar refractivity (Wildman–Crippen MR) is 77.1 cm³/mol. The van der Waals surface area contributed by atoms with Crippen LogP contribution in [0.5, 0.6) is 0 Å². The minimum atomic E-state index is 0.00239. The third kappa shape index (κ3) is 2.78. The maximum Gasteiger partial charge on any atom is 0.254 e. The standard InChI is InChI=1S/C15H15N5O/c16-7-1-2-12-3-5-13(6-4-12)15(21)19-8-9-20-11-17-18-14(20)10-19/h3-6,11H,7-10,16H2. The molecule has 0 saturated carbocycles. The van der Waals surface area contributed by atoms with Crippen LogP contribution in [0.2, 0.25) is 0 Å². The molecule has 0 bridgehead atoms. The van der Waals surface area contributed by atoms with Gasteiger partial charge in [-0.25, -0.2) is 0 Å². The van der Waals surface area contributed by atoms with Gasteiger partial charge in [-0.1, -0.05) is 11.8 Å². The average Bonchev–Trinajstić information content (AvgIpc) is 3.00. The molecule has 0 unspecified atom stereocenters. The molecule has 2 heterocycles. The maximum absolute atomic E-state index is 12.5. The van der Waals surface area contributed by atoms with Gasteiger partial charge in [-0.2, -0.15) is 0 Å². The van der Waals surface area contributed by atoms with Crippen LogP contribution < -0.4 is 5.73 Å².